The summed E-state index contributed by atoms with van der Waals surface area (Å²) in [5.41, 5.74) is 4.87. The molecule has 0 unspecified atom stereocenters. The largest absolute Gasteiger partial charge is 0.352 e. The number of carbonyl (C=O) groups excluding carboxylic acids is 1. The molecule has 1 amide bonds. The number of para-hydroxylation sites is 1. The smallest absolute Gasteiger partial charge is 0.253 e. The average Bonchev–Trinajstić information content (AvgIpc) is 2.84. The van der Waals surface area contributed by atoms with Crippen LogP contribution in [0.1, 0.15) is 28.0 Å². The Balaban J connectivity index is 2.15. The van der Waals surface area contributed by atoms with Crippen molar-refractivity contribution in [3.05, 3.63) is 35.0 Å². The molecule has 0 bridgehead atoms. The summed E-state index contributed by atoms with van der Waals surface area (Å²) in [6.45, 7) is 1.84. The van der Waals surface area contributed by atoms with Crippen LogP contribution in [0.4, 0.5) is 0 Å². The Morgan fingerprint density at radius 2 is 2.18 bits per heavy atom. The quantitative estimate of drug-likeness (QED) is 0.731. The van der Waals surface area contributed by atoms with E-state index in [9.17, 15) is 4.79 Å². The third kappa shape index (κ3) is 1.09. The summed E-state index contributed by atoms with van der Waals surface area (Å²) >= 11 is 0. The van der Waals surface area contributed by atoms with Gasteiger partial charge in [-0.3, -0.25) is 4.79 Å². The second-order valence-corrected chi connectivity index (χ2v) is 4.90. The van der Waals surface area contributed by atoms with Gasteiger partial charge < -0.3 is 9.88 Å². The van der Waals surface area contributed by atoms with Gasteiger partial charge in [0.1, 0.15) is 0 Å². The van der Waals surface area contributed by atoms with Gasteiger partial charge in [0.2, 0.25) is 0 Å². The number of rotatable bonds is 0. The number of benzene rings is 1. The molecule has 0 aliphatic carbocycles. The zero-order chi connectivity index (χ0) is 11.4. The van der Waals surface area contributed by atoms with Gasteiger partial charge in [-0.25, -0.2) is 0 Å². The van der Waals surface area contributed by atoms with Gasteiger partial charge in [0.05, 0.1) is 11.1 Å². The number of nitrogens with zero attached hydrogens (tertiary/aromatic N) is 1. The molecule has 0 radical (unpaired) electrons. The summed E-state index contributed by atoms with van der Waals surface area (Å²) in [4.78, 5) is 12.1. The van der Waals surface area contributed by atoms with Crippen LogP contribution in [0.15, 0.2) is 18.2 Å². The molecule has 1 aromatic carbocycles. The first-order chi connectivity index (χ1) is 8.36. The molecular weight excluding hydrogens is 212 g/mol. The average molecular weight is 226 g/mol. The van der Waals surface area contributed by atoms with Crippen LogP contribution in [-0.4, -0.2) is 17.0 Å². The van der Waals surface area contributed by atoms with Gasteiger partial charge in [0, 0.05) is 24.2 Å². The Bertz CT molecular complexity index is 639. The molecular formula is C14H14N2O. The molecule has 0 saturated heterocycles. The lowest BCUT2D eigenvalue weighted by molar-refractivity contribution is 0.0957. The Kier molecular flexibility index (Phi) is 1.71. The molecule has 0 atom stereocenters. The van der Waals surface area contributed by atoms with E-state index in [1.54, 1.807) is 0 Å². The van der Waals surface area contributed by atoms with Gasteiger partial charge >= 0.3 is 0 Å². The lowest BCUT2D eigenvalue weighted by Crippen LogP contribution is -2.22. The number of aromatic nitrogens is 1. The van der Waals surface area contributed by atoms with Crippen LogP contribution in [0.25, 0.3) is 10.9 Å². The molecule has 4 rings (SSSR count). The predicted molar refractivity (Wildman–Crippen MR) is 66.3 cm³/mol. The number of carbonyl (C=O) groups is 1. The van der Waals surface area contributed by atoms with E-state index >= 15 is 0 Å². The molecule has 1 aromatic heterocycles. The monoisotopic (exact) mass is 226 g/mol. The Hall–Kier alpha value is -1.77. The highest BCUT2D eigenvalue weighted by Gasteiger charge is 2.27. The fraction of sp³-hybridized carbons (Fsp3) is 0.357. The highest BCUT2D eigenvalue weighted by atomic mass is 16.1. The van der Waals surface area contributed by atoms with E-state index in [0.717, 1.165) is 43.3 Å². The van der Waals surface area contributed by atoms with Crippen molar-refractivity contribution in [3.63, 3.8) is 0 Å². The summed E-state index contributed by atoms with van der Waals surface area (Å²) < 4.78 is 2.37. The third-order valence-electron chi connectivity index (χ3n) is 3.98. The van der Waals surface area contributed by atoms with Crippen LogP contribution in [-0.2, 0) is 19.4 Å². The zero-order valence-electron chi connectivity index (χ0n) is 9.62. The summed E-state index contributed by atoms with van der Waals surface area (Å²) in [7, 11) is 0. The SMILES string of the molecule is O=C1NCCCc2c1c1cccc3c1n2CC3. The van der Waals surface area contributed by atoms with Gasteiger partial charge in [-0.05, 0) is 24.8 Å². The molecule has 17 heavy (non-hydrogen) atoms. The van der Waals surface area contributed by atoms with Crippen molar-refractivity contribution in [2.45, 2.75) is 25.8 Å². The molecule has 2 aliphatic heterocycles. The minimum absolute atomic E-state index is 0.111. The topological polar surface area (TPSA) is 34.0 Å². The molecule has 3 heterocycles. The first-order valence-corrected chi connectivity index (χ1v) is 6.27. The van der Waals surface area contributed by atoms with Crippen molar-refractivity contribution in [1.82, 2.24) is 9.88 Å². The Morgan fingerprint density at radius 1 is 1.24 bits per heavy atom. The van der Waals surface area contributed by atoms with Crippen molar-refractivity contribution in [1.29, 1.82) is 0 Å². The number of hydrogen-bond acceptors (Lipinski definition) is 1. The molecule has 2 aliphatic rings. The molecule has 1 N–H and O–H groups in total. The van der Waals surface area contributed by atoms with Crippen molar-refractivity contribution in [3.8, 4) is 0 Å². The van der Waals surface area contributed by atoms with Crippen LogP contribution in [0.2, 0.25) is 0 Å². The van der Waals surface area contributed by atoms with Gasteiger partial charge in [-0.15, -0.1) is 0 Å². The normalized spacial score (nSPS) is 18.0. The first-order valence-electron chi connectivity index (χ1n) is 6.27. The maximum Gasteiger partial charge on any atom is 0.253 e. The minimum Gasteiger partial charge on any atom is -0.352 e. The Morgan fingerprint density at radius 3 is 3.12 bits per heavy atom. The van der Waals surface area contributed by atoms with E-state index < -0.39 is 0 Å². The van der Waals surface area contributed by atoms with Crippen LogP contribution in [0.5, 0.6) is 0 Å². The minimum atomic E-state index is 0.111. The van der Waals surface area contributed by atoms with Crippen LogP contribution in [0, 0.1) is 0 Å². The lowest BCUT2D eigenvalue weighted by Gasteiger charge is -2.04. The van der Waals surface area contributed by atoms with E-state index in [1.807, 2.05) is 0 Å². The fourth-order valence-electron chi connectivity index (χ4n) is 3.28. The van der Waals surface area contributed by atoms with E-state index in [1.165, 1.54) is 16.8 Å². The molecule has 3 heteroatoms. The number of amides is 1. The van der Waals surface area contributed by atoms with Gasteiger partial charge in [0.15, 0.2) is 0 Å². The van der Waals surface area contributed by atoms with Crippen LogP contribution < -0.4 is 5.32 Å². The van der Waals surface area contributed by atoms with Gasteiger partial charge in [-0.1, -0.05) is 18.2 Å². The predicted octanol–water partition coefficient (Wildman–Crippen LogP) is 1.87. The second kappa shape index (κ2) is 3.13. The summed E-state index contributed by atoms with van der Waals surface area (Å²) in [6, 6.07) is 6.35. The highest BCUT2D eigenvalue weighted by molar-refractivity contribution is 6.09. The zero-order valence-corrected chi connectivity index (χ0v) is 9.62. The molecule has 0 spiro atoms. The Labute approximate surface area is 99.4 Å². The van der Waals surface area contributed by atoms with Gasteiger partial charge in [-0.2, -0.15) is 0 Å². The van der Waals surface area contributed by atoms with Gasteiger partial charge in [0.25, 0.3) is 5.91 Å². The van der Waals surface area contributed by atoms with E-state index in [2.05, 4.69) is 28.1 Å². The summed E-state index contributed by atoms with van der Waals surface area (Å²) in [5, 5.41) is 4.15. The number of aryl methyl sites for hydroxylation is 2. The maximum atomic E-state index is 12.1. The van der Waals surface area contributed by atoms with Crippen molar-refractivity contribution < 1.29 is 4.79 Å². The van der Waals surface area contributed by atoms with E-state index in [-0.39, 0.29) is 5.91 Å². The number of hydrogen-bond donors (Lipinski definition) is 1. The first kappa shape index (κ1) is 9.28. The standard InChI is InChI=1S/C14H14N2O/c17-14-12-10-4-1-3-9-6-8-16(13(9)10)11(12)5-2-7-15-14/h1,3-4H,2,5-8H2,(H,15,17). The van der Waals surface area contributed by atoms with Crippen LogP contribution >= 0.6 is 0 Å². The van der Waals surface area contributed by atoms with E-state index in [0.29, 0.717) is 0 Å². The third-order valence-corrected chi connectivity index (χ3v) is 3.98. The second-order valence-electron chi connectivity index (χ2n) is 4.90. The summed E-state index contributed by atoms with van der Waals surface area (Å²) in [5.74, 6) is 0.111. The fourth-order valence-corrected chi connectivity index (χ4v) is 3.28. The molecule has 0 saturated carbocycles. The van der Waals surface area contributed by atoms with E-state index in [4.69, 9.17) is 0 Å². The van der Waals surface area contributed by atoms with Crippen molar-refractivity contribution in [2.75, 3.05) is 6.54 Å². The number of nitrogens with one attached hydrogen (secondary N) is 1. The van der Waals surface area contributed by atoms with Crippen molar-refractivity contribution in [2.24, 2.45) is 0 Å². The molecule has 86 valence electrons. The molecule has 3 nitrogen and oxygen atoms in total. The molecule has 2 aromatic rings. The highest BCUT2D eigenvalue weighted by Crippen LogP contribution is 2.34. The summed E-state index contributed by atoms with van der Waals surface area (Å²) in [6.07, 6.45) is 3.17. The molecule has 0 fully saturated rings. The lowest BCUT2D eigenvalue weighted by atomic mass is 10.0. The van der Waals surface area contributed by atoms with Crippen LogP contribution in [0.3, 0.4) is 0 Å². The maximum absolute atomic E-state index is 12.1. The number of fused-ring (bicyclic) bond motifs is 3. The van der Waals surface area contributed by atoms with Crippen molar-refractivity contribution >= 4 is 16.8 Å².